The Kier molecular flexibility index (Phi) is 8.49. The number of rotatable bonds is 8. The van der Waals surface area contributed by atoms with Gasteiger partial charge in [0.1, 0.15) is 17.3 Å². The molecule has 18 heteroatoms. The minimum atomic E-state index is -5.06. The Labute approximate surface area is 254 Å². The van der Waals surface area contributed by atoms with Crippen LogP contribution >= 0.6 is 0 Å². The van der Waals surface area contributed by atoms with E-state index in [0.29, 0.717) is 15.8 Å². The molecule has 2 aliphatic heterocycles. The molecule has 242 valence electrons. The molecule has 5 rings (SSSR count). The number of aryl methyl sites for hydroxylation is 1. The molecule has 0 radical (unpaired) electrons. The lowest BCUT2D eigenvalue weighted by Gasteiger charge is -2.38. The fourth-order valence-electron chi connectivity index (χ4n) is 5.43. The second-order valence-corrected chi connectivity index (χ2v) is 12.6. The third-order valence-electron chi connectivity index (χ3n) is 7.86. The molecule has 45 heavy (non-hydrogen) atoms. The van der Waals surface area contributed by atoms with Crippen molar-refractivity contribution >= 4 is 33.7 Å². The number of nitrogens with one attached hydrogen (secondary N) is 2. The number of amides is 1. The largest absolute Gasteiger partial charge is 0.469 e. The van der Waals surface area contributed by atoms with Gasteiger partial charge in [-0.3, -0.25) is 15.0 Å². The van der Waals surface area contributed by atoms with Gasteiger partial charge in [-0.15, -0.1) is 0 Å². The average Bonchev–Trinajstić information content (AvgIpc) is 3.69. The molecule has 2 saturated heterocycles. The van der Waals surface area contributed by atoms with Crippen LogP contribution in [-0.2, 0) is 21.5 Å². The summed E-state index contributed by atoms with van der Waals surface area (Å²) in [5, 5.41) is 23.9. The molecule has 2 aliphatic rings. The number of benzene rings is 1. The summed E-state index contributed by atoms with van der Waals surface area (Å²) in [5.41, 5.74) is 5.23. The van der Waals surface area contributed by atoms with Crippen molar-refractivity contribution < 1.29 is 45.1 Å². The number of halogens is 4. The van der Waals surface area contributed by atoms with Gasteiger partial charge in [-0.2, -0.15) is 35.7 Å². The van der Waals surface area contributed by atoms with Gasteiger partial charge >= 0.3 is 16.4 Å². The van der Waals surface area contributed by atoms with Crippen LogP contribution < -0.4 is 11.1 Å². The van der Waals surface area contributed by atoms with E-state index >= 15 is 4.39 Å². The van der Waals surface area contributed by atoms with Gasteiger partial charge in [-0.05, 0) is 31.4 Å². The van der Waals surface area contributed by atoms with Crippen LogP contribution in [0.25, 0.3) is 0 Å². The zero-order valence-electron chi connectivity index (χ0n) is 23.7. The minimum Gasteiger partial charge on any atom is -0.469 e. The number of aromatic nitrogens is 2. The highest BCUT2D eigenvalue weighted by Gasteiger charge is 2.56. The predicted octanol–water partition coefficient (Wildman–Crippen LogP) is 2.31. The van der Waals surface area contributed by atoms with E-state index in [0.717, 1.165) is 4.31 Å². The SMILES string of the molecule is Cc1occc1C(=O)n1nc(C2C(=O)N(S(=O)(=O)N3CCC(O)C3)CCC2C(F)(F)F)c(F)c1NCc1ccc(C(=N)N)cc1. The summed E-state index contributed by atoms with van der Waals surface area (Å²) >= 11 is 0. The lowest BCUT2D eigenvalue weighted by Crippen LogP contribution is -2.54. The van der Waals surface area contributed by atoms with Gasteiger partial charge in [0, 0.05) is 31.7 Å². The Hall–Kier alpha value is -4.29. The topological polar surface area (TPSA) is 188 Å². The minimum absolute atomic E-state index is 0.0664. The maximum Gasteiger partial charge on any atom is 0.393 e. The van der Waals surface area contributed by atoms with E-state index in [2.05, 4.69) is 10.4 Å². The van der Waals surface area contributed by atoms with E-state index in [1.807, 2.05) is 0 Å². The fraction of sp³-hybridized carbons (Fsp3) is 0.407. The molecule has 1 aromatic carbocycles. The second kappa shape index (κ2) is 11.9. The highest BCUT2D eigenvalue weighted by Crippen LogP contribution is 2.45. The fourth-order valence-corrected chi connectivity index (χ4v) is 7.08. The highest BCUT2D eigenvalue weighted by molar-refractivity contribution is 7.87. The third-order valence-corrected chi connectivity index (χ3v) is 9.77. The molecule has 1 amide bonds. The number of hydrogen-bond acceptors (Lipinski definition) is 9. The van der Waals surface area contributed by atoms with E-state index in [9.17, 15) is 36.3 Å². The summed E-state index contributed by atoms with van der Waals surface area (Å²) in [7, 11) is -4.67. The van der Waals surface area contributed by atoms with Crippen LogP contribution in [-0.4, -0.2) is 81.5 Å². The molecule has 0 saturated carbocycles. The summed E-state index contributed by atoms with van der Waals surface area (Å²) in [4.78, 5) is 27.1. The lowest BCUT2D eigenvalue weighted by molar-refractivity contribution is -0.193. The Morgan fingerprint density at radius 3 is 2.44 bits per heavy atom. The zero-order chi connectivity index (χ0) is 32.8. The van der Waals surface area contributed by atoms with Crippen molar-refractivity contribution in [2.24, 2.45) is 11.7 Å². The van der Waals surface area contributed by atoms with Gasteiger partial charge in [0.25, 0.3) is 5.91 Å². The molecule has 3 unspecified atom stereocenters. The van der Waals surface area contributed by atoms with Gasteiger partial charge in [-0.1, -0.05) is 24.3 Å². The Morgan fingerprint density at radius 2 is 1.89 bits per heavy atom. The predicted molar refractivity (Wildman–Crippen MR) is 150 cm³/mol. The number of nitrogens with two attached hydrogens (primary N) is 1. The van der Waals surface area contributed by atoms with Crippen LogP contribution in [0, 0.1) is 24.1 Å². The summed E-state index contributed by atoms with van der Waals surface area (Å²) in [6, 6.07) is 7.38. The molecule has 3 atom stereocenters. The molecule has 5 N–H and O–H groups in total. The maximum absolute atomic E-state index is 16.3. The normalized spacial score (nSPS) is 21.3. The number of nitrogens with zero attached hydrogens (tertiary/aromatic N) is 4. The molecule has 2 aromatic heterocycles. The van der Waals surface area contributed by atoms with Crippen LogP contribution in [0.4, 0.5) is 23.4 Å². The third kappa shape index (κ3) is 6.04. The number of furan rings is 1. The monoisotopic (exact) mass is 655 g/mol. The molecule has 4 heterocycles. The number of amidine groups is 1. The number of carbonyl (C=O) groups excluding carboxylic acids is 2. The molecular weight excluding hydrogens is 626 g/mol. The molecule has 0 bridgehead atoms. The van der Waals surface area contributed by atoms with Crippen LogP contribution in [0.5, 0.6) is 0 Å². The first kappa shape index (κ1) is 32.1. The number of nitrogen functional groups attached to an aromatic ring is 1. The van der Waals surface area contributed by atoms with Gasteiger partial charge in [0.05, 0.1) is 29.8 Å². The molecular formula is C27H29F4N7O6S. The van der Waals surface area contributed by atoms with Gasteiger partial charge in [0.2, 0.25) is 5.91 Å². The number of piperidine rings is 1. The van der Waals surface area contributed by atoms with E-state index in [1.54, 1.807) is 12.1 Å². The van der Waals surface area contributed by atoms with Crippen molar-refractivity contribution in [2.45, 2.75) is 44.5 Å². The maximum atomic E-state index is 16.3. The van der Waals surface area contributed by atoms with Gasteiger partial charge < -0.3 is 20.6 Å². The van der Waals surface area contributed by atoms with E-state index in [-0.39, 0.29) is 47.5 Å². The summed E-state index contributed by atoms with van der Waals surface area (Å²) in [6.45, 7) is -0.0888. The number of aliphatic hydroxyl groups is 1. The summed E-state index contributed by atoms with van der Waals surface area (Å²) in [5.74, 6) is -9.72. The average molecular weight is 656 g/mol. The van der Waals surface area contributed by atoms with Crippen molar-refractivity contribution in [1.29, 1.82) is 5.41 Å². The van der Waals surface area contributed by atoms with Crippen molar-refractivity contribution in [2.75, 3.05) is 25.0 Å². The van der Waals surface area contributed by atoms with E-state index in [4.69, 9.17) is 15.6 Å². The number of hydrogen-bond donors (Lipinski definition) is 4. The standard InChI is InChI=1S/C27H29F4N7O6S/c1-14-18(8-11-44-14)25(40)38-24(34-12-15-2-4-16(5-3-15)23(32)33)21(28)22(35-38)20-19(27(29,30)31)7-10-37(26(20)41)45(42,43)36-9-6-17(39)13-36/h2-5,8,11,17,19-20,34,39H,6-7,9-10,12-13H2,1H3,(H3,32,33). The number of aliphatic hydroxyl groups excluding tert-OH is 1. The van der Waals surface area contributed by atoms with Crippen molar-refractivity contribution in [3.8, 4) is 0 Å². The number of alkyl halides is 3. The first-order valence-corrected chi connectivity index (χ1v) is 15.1. The Balaban J connectivity index is 1.58. The Morgan fingerprint density at radius 1 is 1.20 bits per heavy atom. The van der Waals surface area contributed by atoms with Crippen LogP contribution in [0.3, 0.4) is 0 Å². The van der Waals surface area contributed by atoms with E-state index in [1.165, 1.54) is 31.4 Å². The van der Waals surface area contributed by atoms with Crippen molar-refractivity contribution in [3.63, 3.8) is 0 Å². The molecule has 13 nitrogen and oxygen atoms in total. The molecule has 3 aromatic rings. The number of carbonyl (C=O) groups is 2. The number of anilines is 1. The lowest BCUT2D eigenvalue weighted by atomic mass is 9.82. The number of β-amino-alcohol motifs (C(OH)–C–C–N with tert-alkyl or cyclic N) is 1. The summed E-state index contributed by atoms with van der Waals surface area (Å²) in [6.07, 6.45) is -5.72. The molecule has 2 fully saturated rings. The second-order valence-electron chi connectivity index (χ2n) is 10.8. The summed E-state index contributed by atoms with van der Waals surface area (Å²) < 4.78 is 92.5. The molecule has 0 aliphatic carbocycles. The van der Waals surface area contributed by atoms with Gasteiger partial charge in [-0.25, -0.2) is 8.70 Å². The first-order valence-electron chi connectivity index (χ1n) is 13.7. The molecule has 0 spiro atoms. The first-order chi connectivity index (χ1) is 21.1. The quantitative estimate of drug-likeness (QED) is 0.160. The van der Waals surface area contributed by atoms with E-state index < -0.39 is 76.4 Å². The highest BCUT2D eigenvalue weighted by atomic mass is 32.2. The van der Waals surface area contributed by atoms with Crippen molar-refractivity contribution in [3.05, 3.63) is 70.6 Å². The zero-order valence-corrected chi connectivity index (χ0v) is 24.5. The van der Waals surface area contributed by atoms with Crippen LogP contribution in [0.1, 0.15) is 51.7 Å². The smallest absolute Gasteiger partial charge is 0.393 e. The van der Waals surface area contributed by atoms with Gasteiger partial charge in [0.15, 0.2) is 11.6 Å². The van der Waals surface area contributed by atoms with Crippen LogP contribution in [0.15, 0.2) is 41.0 Å². The van der Waals surface area contributed by atoms with Crippen molar-refractivity contribution in [1.82, 2.24) is 18.4 Å². The van der Waals surface area contributed by atoms with Crippen LogP contribution in [0.2, 0.25) is 0 Å². The Bertz CT molecular complexity index is 1740.